The summed E-state index contributed by atoms with van der Waals surface area (Å²) >= 11 is 5.83. The zero-order valence-electron chi connectivity index (χ0n) is 7.24. The molecule has 2 aromatic rings. The van der Waals surface area contributed by atoms with Gasteiger partial charge in [0.2, 0.25) is 0 Å². The fourth-order valence-electron chi connectivity index (χ4n) is 1.22. The lowest BCUT2D eigenvalue weighted by molar-refractivity contribution is 0.477. The van der Waals surface area contributed by atoms with E-state index in [-0.39, 0.29) is 5.75 Å². The van der Waals surface area contributed by atoms with Crippen molar-refractivity contribution in [2.45, 2.75) is 0 Å². The lowest BCUT2D eigenvalue weighted by Crippen LogP contribution is -1.80. The molecule has 2 rings (SSSR count). The summed E-state index contributed by atoms with van der Waals surface area (Å²) in [6, 6.07) is 8.41. The minimum atomic E-state index is 0.203. The maximum atomic E-state index is 9.60. The summed E-state index contributed by atoms with van der Waals surface area (Å²) in [5.41, 5.74) is 1.54. The van der Waals surface area contributed by atoms with Crippen LogP contribution in [0.5, 0.6) is 5.75 Å². The molecule has 0 bridgehead atoms. The number of rotatable bonds is 1. The van der Waals surface area contributed by atoms with Gasteiger partial charge in [0.25, 0.3) is 0 Å². The van der Waals surface area contributed by atoms with Gasteiger partial charge in [0.15, 0.2) is 0 Å². The SMILES string of the molecule is Oc1ccc(Cl)cc1-c1c[c]ncc1. The number of hydrogen-bond donors (Lipinski definition) is 1. The Morgan fingerprint density at radius 2 is 2.14 bits per heavy atom. The van der Waals surface area contributed by atoms with Gasteiger partial charge in [-0.2, -0.15) is 0 Å². The molecule has 0 atom stereocenters. The first kappa shape index (κ1) is 9.03. The number of aromatic hydroxyl groups is 1. The van der Waals surface area contributed by atoms with Gasteiger partial charge in [-0.3, -0.25) is 4.98 Å². The third-order valence-corrected chi connectivity index (χ3v) is 2.13. The number of nitrogens with zero attached hydrogens (tertiary/aromatic N) is 1. The van der Waals surface area contributed by atoms with Crippen LogP contribution in [0.15, 0.2) is 36.5 Å². The Morgan fingerprint density at radius 1 is 1.29 bits per heavy atom. The van der Waals surface area contributed by atoms with E-state index in [1.165, 1.54) is 0 Å². The average molecular weight is 205 g/mol. The Bertz CT molecular complexity index is 442. The van der Waals surface area contributed by atoms with Gasteiger partial charge in [0.05, 0.1) is 6.20 Å². The maximum absolute atomic E-state index is 9.60. The third kappa shape index (κ3) is 1.70. The Balaban J connectivity index is 2.57. The molecular weight excluding hydrogens is 198 g/mol. The molecule has 1 radical (unpaired) electrons. The molecule has 0 aliphatic rings. The van der Waals surface area contributed by atoms with Crippen LogP contribution in [0.1, 0.15) is 0 Å². The monoisotopic (exact) mass is 204 g/mol. The minimum Gasteiger partial charge on any atom is -0.507 e. The molecule has 0 unspecified atom stereocenters. The van der Waals surface area contributed by atoms with Gasteiger partial charge in [-0.1, -0.05) is 11.6 Å². The largest absolute Gasteiger partial charge is 0.507 e. The van der Waals surface area contributed by atoms with E-state index in [1.807, 2.05) is 0 Å². The van der Waals surface area contributed by atoms with E-state index in [9.17, 15) is 5.11 Å². The first-order valence-electron chi connectivity index (χ1n) is 4.08. The molecular formula is C11H7ClNO. The minimum absolute atomic E-state index is 0.203. The van der Waals surface area contributed by atoms with Gasteiger partial charge >= 0.3 is 0 Å². The molecule has 1 aromatic heterocycles. The van der Waals surface area contributed by atoms with Gasteiger partial charge in [-0.25, -0.2) is 0 Å². The summed E-state index contributed by atoms with van der Waals surface area (Å²) in [5, 5.41) is 10.2. The number of benzene rings is 1. The van der Waals surface area contributed by atoms with Gasteiger partial charge in [0.1, 0.15) is 5.75 Å². The Morgan fingerprint density at radius 3 is 2.86 bits per heavy atom. The highest BCUT2D eigenvalue weighted by molar-refractivity contribution is 6.30. The molecule has 3 heteroatoms. The van der Waals surface area contributed by atoms with Crippen molar-refractivity contribution in [1.29, 1.82) is 0 Å². The van der Waals surface area contributed by atoms with Crippen LogP contribution in [0.25, 0.3) is 11.1 Å². The lowest BCUT2D eigenvalue weighted by atomic mass is 10.1. The zero-order valence-corrected chi connectivity index (χ0v) is 7.99. The van der Waals surface area contributed by atoms with Crippen LogP contribution in [0.3, 0.4) is 0 Å². The predicted octanol–water partition coefficient (Wildman–Crippen LogP) is 2.91. The first-order valence-corrected chi connectivity index (χ1v) is 4.46. The second kappa shape index (κ2) is 3.68. The number of phenols is 1. The summed E-state index contributed by atoms with van der Waals surface area (Å²) < 4.78 is 0. The third-order valence-electron chi connectivity index (χ3n) is 1.89. The predicted molar refractivity (Wildman–Crippen MR) is 55.2 cm³/mol. The summed E-state index contributed by atoms with van der Waals surface area (Å²) in [7, 11) is 0. The Kier molecular flexibility index (Phi) is 2.37. The van der Waals surface area contributed by atoms with E-state index in [4.69, 9.17) is 11.6 Å². The van der Waals surface area contributed by atoms with Crippen LogP contribution in [0.4, 0.5) is 0 Å². The van der Waals surface area contributed by atoms with Crippen LogP contribution in [0.2, 0.25) is 5.02 Å². The van der Waals surface area contributed by atoms with E-state index in [0.29, 0.717) is 10.6 Å². The van der Waals surface area contributed by atoms with Crippen LogP contribution >= 0.6 is 11.6 Å². The van der Waals surface area contributed by atoms with E-state index in [0.717, 1.165) is 5.56 Å². The van der Waals surface area contributed by atoms with Crippen molar-refractivity contribution in [3.63, 3.8) is 0 Å². The number of hydrogen-bond acceptors (Lipinski definition) is 2. The molecule has 0 saturated carbocycles. The highest BCUT2D eigenvalue weighted by Gasteiger charge is 2.03. The number of aromatic nitrogens is 1. The Labute approximate surface area is 86.8 Å². The van der Waals surface area contributed by atoms with Crippen molar-refractivity contribution in [3.05, 3.63) is 47.7 Å². The van der Waals surface area contributed by atoms with Crippen molar-refractivity contribution < 1.29 is 5.11 Å². The van der Waals surface area contributed by atoms with Crippen LogP contribution in [0, 0.1) is 6.20 Å². The molecule has 0 aliphatic carbocycles. The number of pyridine rings is 1. The molecule has 1 aromatic carbocycles. The van der Waals surface area contributed by atoms with Gasteiger partial charge in [-0.05, 0) is 35.9 Å². The molecule has 0 spiro atoms. The second-order valence-electron chi connectivity index (χ2n) is 2.84. The molecule has 0 aliphatic heterocycles. The normalized spacial score (nSPS) is 10.1. The van der Waals surface area contributed by atoms with Crippen LogP contribution < -0.4 is 0 Å². The standard InChI is InChI=1S/C11H7ClNO/c12-9-1-2-11(14)10(7-9)8-3-5-13-6-4-8/h1-5,7,14H. The average Bonchev–Trinajstić information content (AvgIpc) is 2.23. The fourth-order valence-corrected chi connectivity index (χ4v) is 1.39. The van der Waals surface area contributed by atoms with Crippen molar-refractivity contribution in [1.82, 2.24) is 4.98 Å². The molecule has 0 amide bonds. The topological polar surface area (TPSA) is 33.1 Å². The number of phenolic OH excluding ortho intramolecular Hbond substituents is 1. The van der Waals surface area contributed by atoms with E-state index >= 15 is 0 Å². The summed E-state index contributed by atoms with van der Waals surface area (Å²) in [6.07, 6.45) is 4.32. The van der Waals surface area contributed by atoms with Gasteiger partial charge in [0, 0.05) is 16.8 Å². The smallest absolute Gasteiger partial charge is 0.123 e. The van der Waals surface area contributed by atoms with E-state index in [1.54, 1.807) is 36.5 Å². The summed E-state index contributed by atoms with van der Waals surface area (Å²) in [4.78, 5) is 3.78. The van der Waals surface area contributed by atoms with Crippen LogP contribution in [-0.4, -0.2) is 10.1 Å². The molecule has 1 N–H and O–H groups in total. The molecule has 2 nitrogen and oxygen atoms in total. The van der Waals surface area contributed by atoms with Crippen molar-refractivity contribution >= 4 is 11.6 Å². The highest BCUT2D eigenvalue weighted by atomic mass is 35.5. The van der Waals surface area contributed by atoms with E-state index < -0.39 is 0 Å². The van der Waals surface area contributed by atoms with Crippen LogP contribution in [-0.2, 0) is 0 Å². The fraction of sp³-hybridized carbons (Fsp3) is 0. The molecule has 69 valence electrons. The van der Waals surface area contributed by atoms with Crippen molar-refractivity contribution in [3.8, 4) is 16.9 Å². The first-order chi connectivity index (χ1) is 6.77. The van der Waals surface area contributed by atoms with Crippen molar-refractivity contribution in [2.75, 3.05) is 0 Å². The summed E-state index contributed by atoms with van der Waals surface area (Å²) in [5.74, 6) is 0.203. The van der Waals surface area contributed by atoms with Gasteiger partial charge < -0.3 is 5.11 Å². The molecule has 1 heterocycles. The number of halogens is 1. The van der Waals surface area contributed by atoms with Crippen molar-refractivity contribution in [2.24, 2.45) is 0 Å². The quantitative estimate of drug-likeness (QED) is 0.775. The lowest BCUT2D eigenvalue weighted by Gasteiger charge is -2.03. The molecule has 14 heavy (non-hydrogen) atoms. The second-order valence-corrected chi connectivity index (χ2v) is 3.27. The maximum Gasteiger partial charge on any atom is 0.123 e. The molecule has 0 saturated heterocycles. The molecule has 0 fully saturated rings. The highest BCUT2D eigenvalue weighted by Crippen LogP contribution is 2.30. The Hall–Kier alpha value is -1.54. The van der Waals surface area contributed by atoms with Gasteiger partial charge in [-0.15, -0.1) is 0 Å². The summed E-state index contributed by atoms with van der Waals surface area (Å²) in [6.45, 7) is 0. The van der Waals surface area contributed by atoms with E-state index in [2.05, 4.69) is 11.2 Å². The zero-order chi connectivity index (χ0) is 9.97.